The largest absolute Gasteiger partial charge is 0.444 e. The minimum absolute atomic E-state index is 0.0156. The number of para-hydroxylation sites is 1. The fraction of sp³-hybridized carbons (Fsp3) is 0.526. The Bertz CT molecular complexity index is 1920. The average molecular weight is 739 g/mol. The Morgan fingerprint density at radius 2 is 1.75 bits per heavy atom. The zero-order chi connectivity index (χ0) is 36.8. The molecule has 11 nitrogen and oxygen atoms in total. The molecule has 0 radical (unpaired) electrons. The molecule has 52 heavy (non-hydrogen) atoms. The molecule has 0 unspecified atom stereocenters. The standard InChI is InChI=1S/C38H44F2N4O7S/c1-37(16-17-37)52(49,50)42-35(47)38-19-25(38)11-5-3-2-4-6-15-31(41-30-14-8-7-12-29(30)40)34(46)44-22-26(18-32(44)33(45)20-38)51-36(48)43-21-24-10-9-13-28(39)27(24)23-43/h5,7-14,25-26,31-32,41H,2-4,6,15-23H2,1H3,(H,42,47)/b11-5-/t25-,26-,31+,32+,38-/m1/s1. The van der Waals surface area contributed by atoms with Crippen LogP contribution in [-0.2, 0) is 42.2 Å². The summed E-state index contributed by atoms with van der Waals surface area (Å²) in [6.07, 6.45) is 6.25. The first-order valence-electron chi connectivity index (χ1n) is 18.1. The summed E-state index contributed by atoms with van der Waals surface area (Å²) >= 11 is 0. The molecule has 7 rings (SSSR count). The molecule has 0 spiro atoms. The molecule has 278 valence electrons. The summed E-state index contributed by atoms with van der Waals surface area (Å²) in [5, 5.41) is 3.05. The molecule has 5 atom stereocenters. The van der Waals surface area contributed by atoms with Crippen LogP contribution in [0.2, 0.25) is 0 Å². The quantitative estimate of drug-likeness (QED) is 0.378. The van der Waals surface area contributed by atoms with Crippen molar-refractivity contribution in [1.29, 1.82) is 0 Å². The zero-order valence-corrected chi connectivity index (χ0v) is 29.9. The number of Topliss-reactive ketones (excluding diaryl/α,β-unsaturated/α-hetero) is 1. The molecule has 2 aliphatic carbocycles. The Balaban J connectivity index is 1.16. The van der Waals surface area contributed by atoms with Crippen molar-refractivity contribution < 1.29 is 41.1 Å². The molecule has 3 amide bonds. The van der Waals surface area contributed by atoms with E-state index in [2.05, 4.69) is 10.0 Å². The number of halogens is 2. The Hall–Kier alpha value is -4.33. The number of fused-ring (bicyclic) bond motifs is 3. The first kappa shape index (κ1) is 36.0. The monoisotopic (exact) mass is 738 g/mol. The second kappa shape index (κ2) is 13.9. The molecule has 0 bridgehead atoms. The molecular formula is C38H44F2N4O7S. The highest BCUT2D eigenvalue weighted by molar-refractivity contribution is 7.91. The number of hydrogen-bond donors (Lipinski definition) is 2. The number of rotatable bonds is 6. The highest BCUT2D eigenvalue weighted by Gasteiger charge is 2.62. The highest BCUT2D eigenvalue weighted by atomic mass is 32.2. The Labute approximate surface area is 302 Å². The van der Waals surface area contributed by atoms with Crippen molar-refractivity contribution in [3.05, 3.63) is 77.4 Å². The number of amides is 3. The van der Waals surface area contributed by atoms with Crippen molar-refractivity contribution >= 4 is 39.4 Å². The SMILES string of the molecule is CC1(S(=O)(=O)NC(=O)[C@]23CC(=O)[C@@H]4C[C@@H](OC(=O)N5Cc6cccc(F)c6C5)CN4C(=O)[C@@H](Nc4ccccc4F)CCCCC/C=C\[C@@H]2C3)CC1. The van der Waals surface area contributed by atoms with Gasteiger partial charge in [0.05, 0.1) is 35.0 Å². The number of ketones is 1. The number of nitrogens with one attached hydrogen (secondary N) is 2. The Morgan fingerprint density at radius 3 is 2.50 bits per heavy atom. The second-order valence-corrected chi connectivity index (χ2v) is 17.4. The van der Waals surface area contributed by atoms with Gasteiger partial charge in [0.15, 0.2) is 5.78 Å². The summed E-state index contributed by atoms with van der Waals surface area (Å²) < 4.78 is 62.6. The van der Waals surface area contributed by atoms with Gasteiger partial charge in [0.2, 0.25) is 21.8 Å². The zero-order valence-electron chi connectivity index (χ0n) is 29.1. The van der Waals surface area contributed by atoms with Crippen molar-refractivity contribution in [1.82, 2.24) is 14.5 Å². The number of hydrogen-bond acceptors (Lipinski definition) is 8. The lowest BCUT2D eigenvalue weighted by Crippen LogP contribution is -2.49. The van der Waals surface area contributed by atoms with Crippen molar-refractivity contribution in [2.75, 3.05) is 11.9 Å². The number of carbonyl (C=O) groups excluding carboxylic acids is 4. The van der Waals surface area contributed by atoms with Crippen molar-refractivity contribution in [2.45, 2.75) is 107 Å². The Morgan fingerprint density at radius 1 is 0.981 bits per heavy atom. The van der Waals surface area contributed by atoms with E-state index in [4.69, 9.17) is 4.74 Å². The predicted molar refractivity (Wildman–Crippen MR) is 187 cm³/mol. The maximum atomic E-state index is 14.8. The van der Waals surface area contributed by atoms with Gasteiger partial charge in [-0.05, 0) is 75.1 Å². The third kappa shape index (κ3) is 7.05. The van der Waals surface area contributed by atoms with E-state index in [1.165, 1.54) is 28.0 Å². The van der Waals surface area contributed by atoms with E-state index in [0.717, 1.165) is 12.8 Å². The highest BCUT2D eigenvalue weighted by Crippen LogP contribution is 2.57. The predicted octanol–water partition coefficient (Wildman–Crippen LogP) is 5.35. The van der Waals surface area contributed by atoms with Crippen molar-refractivity contribution in [2.24, 2.45) is 11.3 Å². The number of sulfonamides is 1. The van der Waals surface area contributed by atoms with Gasteiger partial charge in [0.1, 0.15) is 23.8 Å². The lowest BCUT2D eigenvalue weighted by Gasteiger charge is -2.30. The normalized spacial score (nSPS) is 29.1. The number of nitrogens with zero attached hydrogens (tertiary/aromatic N) is 2. The van der Waals surface area contributed by atoms with E-state index >= 15 is 0 Å². The topological polar surface area (TPSA) is 142 Å². The van der Waals surface area contributed by atoms with Crippen LogP contribution in [0.4, 0.5) is 19.3 Å². The number of allylic oxidation sites excluding steroid dienone is 2. The first-order valence-corrected chi connectivity index (χ1v) is 19.6. The molecule has 2 aromatic rings. The summed E-state index contributed by atoms with van der Waals surface area (Å²) in [5.41, 5.74) is -0.112. The van der Waals surface area contributed by atoms with Crippen LogP contribution in [0.3, 0.4) is 0 Å². The van der Waals surface area contributed by atoms with Gasteiger partial charge in [-0.15, -0.1) is 0 Å². The van der Waals surface area contributed by atoms with Crippen LogP contribution in [0, 0.1) is 23.0 Å². The molecular weight excluding hydrogens is 695 g/mol. The number of ether oxygens (including phenoxy) is 1. The molecule has 3 heterocycles. The molecule has 2 N–H and O–H groups in total. The molecule has 3 fully saturated rings. The van der Waals surface area contributed by atoms with E-state index in [0.29, 0.717) is 43.2 Å². The van der Waals surface area contributed by atoms with Crippen molar-refractivity contribution in [3.8, 4) is 0 Å². The van der Waals surface area contributed by atoms with E-state index in [-0.39, 0.29) is 50.5 Å². The van der Waals surface area contributed by atoms with Crippen LogP contribution in [0.1, 0.15) is 82.3 Å². The number of carbonyl (C=O) groups is 4. The summed E-state index contributed by atoms with van der Waals surface area (Å²) in [6.45, 7) is 1.62. The van der Waals surface area contributed by atoms with Gasteiger partial charge in [-0.3, -0.25) is 24.0 Å². The average Bonchev–Trinajstić information content (AvgIpc) is 3.90. The van der Waals surface area contributed by atoms with Crippen LogP contribution < -0.4 is 10.0 Å². The van der Waals surface area contributed by atoms with Crippen LogP contribution in [0.5, 0.6) is 0 Å². The molecule has 14 heteroatoms. The molecule has 5 aliphatic rings. The van der Waals surface area contributed by atoms with E-state index in [1.54, 1.807) is 31.2 Å². The maximum Gasteiger partial charge on any atom is 0.410 e. The van der Waals surface area contributed by atoms with Gasteiger partial charge in [0, 0.05) is 24.9 Å². The minimum atomic E-state index is -3.97. The third-order valence-electron chi connectivity index (χ3n) is 11.5. The lowest BCUT2D eigenvalue weighted by molar-refractivity contribution is -0.139. The van der Waals surface area contributed by atoms with Gasteiger partial charge in [-0.1, -0.05) is 49.3 Å². The summed E-state index contributed by atoms with van der Waals surface area (Å²) in [4.78, 5) is 58.7. The fourth-order valence-electron chi connectivity index (χ4n) is 7.78. The van der Waals surface area contributed by atoms with Crippen LogP contribution in [-0.4, -0.2) is 71.4 Å². The maximum absolute atomic E-state index is 14.8. The van der Waals surface area contributed by atoms with Gasteiger partial charge in [-0.25, -0.2) is 22.0 Å². The van der Waals surface area contributed by atoms with Gasteiger partial charge < -0.3 is 15.0 Å². The summed E-state index contributed by atoms with van der Waals surface area (Å²) in [5.74, 6) is -2.98. The van der Waals surface area contributed by atoms with Crippen LogP contribution in [0.15, 0.2) is 54.6 Å². The van der Waals surface area contributed by atoms with Crippen LogP contribution >= 0.6 is 0 Å². The molecule has 3 aliphatic heterocycles. The van der Waals surface area contributed by atoms with Gasteiger partial charge in [-0.2, -0.15) is 0 Å². The molecule has 2 saturated carbocycles. The number of benzene rings is 2. The van der Waals surface area contributed by atoms with Gasteiger partial charge in [0.25, 0.3) is 0 Å². The molecule has 1 saturated heterocycles. The summed E-state index contributed by atoms with van der Waals surface area (Å²) in [6, 6.07) is 8.64. The smallest absolute Gasteiger partial charge is 0.410 e. The van der Waals surface area contributed by atoms with Crippen LogP contribution in [0.25, 0.3) is 0 Å². The summed E-state index contributed by atoms with van der Waals surface area (Å²) in [7, 11) is -3.97. The van der Waals surface area contributed by atoms with Gasteiger partial charge >= 0.3 is 6.09 Å². The second-order valence-electron chi connectivity index (χ2n) is 15.2. The first-order chi connectivity index (χ1) is 24.8. The van der Waals surface area contributed by atoms with Crippen molar-refractivity contribution in [3.63, 3.8) is 0 Å². The van der Waals surface area contributed by atoms with E-state index in [9.17, 15) is 36.4 Å². The fourth-order valence-corrected chi connectivity index (χ4v) is 9.11. The molecule has 2 aromatic carbocycles. The third-order valence-corrected chi connectivity index (χ3v) is 13.7. The van der Waals surface area contributed by atoms with E-state index in [1.807, 2.05) is 12.2 Å². The molecule has 0 aromatic heterocycles. The minimum Gasteiger partial charge on any atom is -0.444 e. The Kier molecular flexibility index (Phi) is 9.64. The van der Waals surface area contributed by atoms with E-state index < -0.39 is 73.7 Å². The number of anilines is 1. The lowest BCUT2D eigenvalue weighted by atomic mass is 9.91.